The van der Waals surface area contributed by atoms with Crippen LogP contribution in [0.2, 0.25) is 0 Å². The molecule has 0 spiro atoms. The van der Waals surface area contributed by atoms with E-state index in [-0.39, 0.29) is 5.92 Å². The van der Waals surface area contributed by atoms with Gasteiger partial charge in [0, 0.05) is 0 Å². The van der Waals surface area contributed by atoms with E-state index in [9.17, 15) is 9.90 Å². The minimum absolute atomic E-state index is 0.188. The number of benzene rings is 1. The van der Waals surface area contributed by atoms with Gasteiger partial charge in [-0.2, -0.15) is 0 Å². The number of carbonyl (C=O) groups is 1. The highest BCUT2D eigenvalue weighted by atomic mass is 16.4. The van der Waals surface area contributed by atoms with Gasteiger partial charge in [0.05, 0.1) is 5.92 Å². The Hall–Kier alpha value is -1.35. The summed E-state index contributed by atoms with van der Waals surface area (Å²) in [6.45, 7) is 1.92. The molecule has 1 fully saturated rings. The monoisotopic (exact) mass is 247 g/mol. The average molecular weight is 247 g/mol. The summed E-state index contributed by atoms with van der Waals surface area (Å²) in [5.74, 6) is -0.474. The molecule has 3 nitrogen and oxygen atoms in total. The minimum atomic E-state index is -0.627. The Labute approximate surface area is 108 Å². The van der Waals surface area contributed by atoms with Gasteiger partial charge in [-0.1, -0.05) is 30.3 Å². The standard InChI is InChI=1S/C15H21NO2/c17-15(18)14(13-8-10-16-11-9-13)7-6-12-4-2-1-3-5-12/h1-5,13-14,16H,6-11H2,(H,17,18). The van der Waals surface area contributed by atoms with E-state index >= 15 is 0 Å². The second-order valence-electron chi connectivity index (χ2n) is 5.06. The van der Waals surface area contributed by atoms with Crippen LogP contribution in [0.25, 0.3) is 0 Å². The third-order valence-electron chi connectivity index (χ3n) is 3.86. The summed E-state index contributed by atoms with van der Waals surface area (Å²) in [6.07, 6.45) is 3.60. The molecular formula is C15H21NO2. The van der Waals surface area contributed by atoms with Crippen LogP contribution in [0.15, 0.2) is 30.3 Å². The number of nitrogens with one attached hydrogen (secondary N) is 1. The summed E-state index contributed by atoms with van der Waals surface area (Å²) in [6, 6.07) is 10.2. The van der Waals surface area contributed by atoms with Gasteiger partial charge in [-0.3, -0.25) is 4.79 Å². The van der Waals surface area contributed by atoms with Crippen LogP contribution in [-0.4, -0.2) is 24.2 Å². The quantitative estimate of drug-likeness (QED) is 0.839. The van der Waals surface area contributed by atoms with E-state index in [1.807, 2.05) is 18.2 Å². The molecule has 2 N–H and O–H groups in total. The molecule has 1 atom stereocenters. The largest absolute Gasteiger partial charge is 0.481 e. The molecule has 18 heavy (non-hydrogen) atoms. The fourth-order valence-corrected chi connectivity index (χ4v) is 2.77. The van der Waals surface area contributed by atoms with Crippen molar-refractivity contribution in [3.05, 3.63) is 35.9 Å². The highest BCUT2D eigenvalue weighted by Crippen LogP contribution is 2.26. The first-order valence-corrected chi connectivity index (χ1v) is 6.75. The van der Waals surface area contributed by atoms with E-state index < -0.39 is 5.97 Å². The lowest BCUT2D eigenvalue weighted by molar-refractivity contribution is -0.144. The molecule has 1 aromatic rings. The first-order valence-electron chi connectivity index (χ1n) is 6.75. The van der Waals surface area contributed by atoms with E-state index in [0.717, 1.165) is 38.8 Å². The lowest BCUT2D eigenvalue weighted by Gasteiger charge is -2.28. The molecule has 0 aromatic heterocycles. The van der Waals surface area contributed by atoms with E-state index in [1.165, 1.54) is 5.56 Å². The minimum Gasteiger partial charge on any atom is -0.481 e. The molecule has 1 aliphatic rings. The zero-order valence-corrected chi connectivity index (χ0v) is 10.6. The number of piperidine rings is 1. The van der Waals surface area contributed by atoms with Crippen molar-refractivity contribution in [2.75, 3.05) is 13.1 Å². The first kappa shape index (κ1) is 13.1. The molecule has 1 unspecified atom stereocenters. The molecule has 1 heterocycles. The van der Waals surface area contributed by atoms with Crippen molar-refractivity contribution in [3.63, 3.8) is 0 Å². The second-order valence-corrected chi connectivity index (χ2v) is 5.06. The smallest absolute Gasteiger partial charge is 0.306 e. The normalized spacial score (nSPS) is 18.4. The van der Waals surface area contributed by atoms with Crippen molar-refractivity contribution in [1.82, 2.24) is 5.32 Å². The Bertz CT molecular complexity index is 371. The van der Waals surface area contributed by atoms with Gasteiger partial charge >= 0.3 is 5.97 Å². The molecule has 0 bridgehead atoms. The van der Waals surface area contributed by atoms with Crippen LogP contribution < -0.4 is 5.32 Å². The molecule has 0 radical (unpaired) electrons. The Morgan fingerprint density at radius 2 is 1.94 bits per heavy atom. The van der Waals surface area contributed by atoms with Gasteiger partial charge in [0.15, 0.2) is 0 Å². The van der Waals surface area contributed by atoms with Crippen LogP contribution in [0.3, 0.4) is 0 Å². The molecule has 0 aliphatic carbocycles. The third kappa shape index (κ3) is 3.57. The van der Waals surface area contributed by atoms with E-state index in [0.29, 0.717) is 5.92 Å². The Balaban J connectivity index is 1.92. The van der Waals surface area contributed by atoms with Crippen LogP contribution in [0, 0.1) is 11.8 Å². The Morgan fingerprint density at radius 1 is 1.28 bits per heavy atom. The van der Waals surface area contributed by atoms with Gasteiger partial charge in [-0.15, -0.1) is 0 Å². The fraction of sp³-hybridized carbons (Fsp3) is 0.533. The van der Waals surface area contributed by atoms with Crippen molar-refractivity contribution >= 4 is 5.97 Å². The summed E-state index contributed by atoms with van der Waals surface area (Å²) in [7, 11) is 0. The zero-order valence-electron chi connectivity index (χ0n) is 10.6. The van der Waals surface area contributed by atoms with Gasteiger partial charge in [0.2, 0.25) is 0 Å². The third-order valence-corrected chi connectivity index (χ3v) is 3.86. The van der Waals surface area contributed by atoms with Crippen molar-refractivity contribution in [2.24, 2.45) is 11.8 Å². The van der Waals surface area contributed by atoms with Crippen molar-refractivity contribution in [2.45, 2.75) is 25.7 Å². The summed E-state index contributed by atoms with van der Waals surface area (Å²) in [5.41, 5.74) is 1.23. The van der Waals surface area contributed by atoms with Crippen LogP contribution in [0.5, 0.6) is 0 Å². The van der Waals surface area contributed by atoms with E-state index in [2.05, 4.69) is 17.4 Å². The van der Waals surface area contributed by atoms with Crippen LogP contribution in [0.1, 0.15) is 24.8 Å². The van der Waals surface area contributed by atoms with Gasteiger partial charge in [0.25, 0.3) is 0 Å². The average Bonchev–Trinajstić information content (AvgIpc) is 2.41. The second kappa shape index (κ2) is 6.55. The van der Waals surface area contributed by atoms with E-state index in [4.69, 9.17) is 0 Å². The summed E-state index contributed by atoms with van der Waals surface area (Å²) in [4.78, 5) is 11.4. The Kier molecular flexibility index (Phi) is 4.76. The van der Waals surface area contributed by atoms with Crippen LogP contribution in [0.4, 0.5) is 0 Å². The number of carboxylic acid groups (broad SMARTS) is 1. The maximum Gasteiger partial charge on any atom is 0.306 e. The van der Waals surface area contributed by atoms with Crippen LogP contribution >= 0.6 is 0 Å². The number of hydrogen-bond donors (Lipinski definition) is 2. The lowest BCUT2D eigenvalue weighted by Crippen LogP contribution is -2.34. The lowest BCUT2D eigenvalue weighted by atomic mass is 9.81. The van der Waals surface area contributed by atoms with Crippen molar-refractivity contribution in [1.29, 1.82) is 0 Å². The number of carboxylic acids is 1. The van der Waals surface area contributed by atoms with Gasteiger partial charge in [0.1, 0.15) is 0 Å². The van der Waals surface area contributed by atoms with E-state index in [1.54, 1.807) is 0 Å². The highest BCUT2D eigenvalue weighted by molar-refractivity contribution is 5.70. The summed E-state index contributed by atoms with van der Waals surface area (Å²) >= 11 is 0. The maximum absolute atomic E-state index is 11.4. The number of aryl methyl sites for hydroxylation is 1. The molecule has 98 valence electrons. The molecule has 3 heteroatoms. The topological polar surface area (TPSA) is 49.3 Å². The zero-order chi connectivity index (χ0) is 12.8. The van der Waals surface area contributed by atoms with Crippen molar-refractivity contribution < 1.29 is 9.90 Å². The predicted molar refractivity (Wildman–Crippen MR) is 71.5 cm³/mol. The number of hydrogen-bond acceptors (Lipinski definition) is 2. The van der Waals surface area contributed by atoms with Gasteiger partial charge in [-0.05, 0) is 50.3 Å². The first-order chi connectivity index (χ1) is 8.77. The van der Waals surface area contributed by atoms with Gasteiger partial charge in [-0.25, -0.2) is 0 Å². The van der Waals surface area contributed by atoms with Crippen molar-refractivity contribution in [3.8, 4) is 0 Å². The highest BCUT2D eigenvalue weighted by Gasteiger charge is 2.28. The Morgan fingerprint density at radius 3 is 2.56 bits per heavy atom. The number of rotatable bonds is 5. The summed E-state index contributed by atoms with van der Waals surface area (Å²) in [5, 5.41) is 12.7. The van der Waals surface area contributed by atoms with Crippen LogP contribution in [-0.2, 0) is 11.2 Å². The fourth-order valence-electron chi connectivity index (χ4n) is 2.77. The maximum atomic E-state index is 11.4. The molecule has 0 amide bonds. The number of aliphatic carboxylic acids is 1. The summed E-state index contributed by atoms with van der Waals surface area (Å²) < 4.78 is 0. The molecule has 1 aliphatic heterocycles. The molecule has 2 rings (SSSR count). The molecule has 1 saturated heterocycles. The molecular weight excluding hydrogens is 226 g/mol. The molecule has 1 aromatic carbocycles. The van der Waals surface area contributed by atoms with Gasteiger partial charge < -0.3 is 10.4 Å². The SMILES string of the molecule is O=C(O)C(CCc1ccccc1)C1CCNCC1. The predicted octanol–water partition coefficient (Wildman–Crippen LogP) is 2.32. The molecule has 0 saturated carbocycles.